The quantitative estimate of drug-likeness (QED) is 0.418. The highest BCUT2D eigenvalue weighted by molar-refractivity contribution is 5.95. The number of hydrogen-bond acceptors (Lipinski definition) is 3. The molecule has 15 heavy (non-hydrogen) atoms. The van der Waals surface area contributed by atoms with Crippen molar-refractivity contribution in [2.24, 2.45) is 0 Å². The molecule has 0 spiro atoms. The monoisotopic (exact) mass is 201 g/mol. The van der Waals surface area contributed by atoms with Crippen molar-refractivity contribution in [3.8, 4) is 6.07 Å². The molecule has 1 aromatic rings. The van der Waals surface area contributed by atoms with Gasteiger partial charge in [-0.05, 0) is 18.1 Å². The molecule has 1 aromatic carbocycles. The van der Waals surface area contributed by atoms with Gasteiger partial charge < -0.3 is 4.74 Å². The summed E-state index contributed by atoms with van der Waals surface area (Å²) in [5.74, 6) is -0.519. The summed E-state index contributed by atoms with van der Waals surface area (Å²) < 4.78 is 4.48. The maximum absolute atomic E-state index is 11.0. The third kappa shape index (κ3) is 2.68. The Balaban J connectivity index is 3.16. The predicted octanol–water partition coefficient (Wildman–Crippen LogP) is 2.08. The maximum Gasteiger partial charge on any atom is 0.331 e. The third-order valence-corrected chi connectivity index (χ3v) is 2.02. The summed E-state index contributed by atoms with van der Waals surface area (Å²) in [5.41, 5.74) is 2.03. The molecular weight excluding hydrogens is 190 g/mol. The van der Waals surface area contributed by atoms with Crippen LogP contribution >= 0.6 is 0 Å². The fourth-order valence-electron chi connectivity index (χ4n) is 1.22. The molecule has 0 amide bonds. The van der Waals surface area contributed by atoms with Crippen LogP contribution in [0, 0.1) is 18.3 Å². The highest BCUT2D eigenvalue weighted by atomic mass is 16.5. The lowest BCUT2D eigenvalue weighted by atomic mass is 10.0. The molecule has 0 fully saturated rings. The lowest BCUT2D eigenvalue weighted by Gasteiger charge is -2.02. The summed E-state index contributed by atoms with van der Waals surface area (Å²) in [4.78, 5) is 11.0. The zero-order chi connectivity index (χ0) is 11.3. The van der Waals surface area contributed by atoms with Crippen LogP contribution in [0.25, 0.3) is 5.57 Å². The molecule has 3 nitrogen and oxygen atoms in total. The molecule has 1 rings (SSSR count). The Labute approximate surface area is 88.6 Å². The molecule has 0 radical (unpaired) electrons. The van der Waals surface area contributed by atoms with Crippen molar-refractivity contribution in [3.05, 3.63) is 41.5 Å². The van der Waals surface area contributed by atoms with E-state index in [-0.39, 0.29) is 0 Å². The van der Waals surface area contributed by atoms with Gasteiger partial charge in [-0.2, -0.15) is 5.26 Å². The molecule has 0 unspecified atom stereocenters. The van der Waals surface area contributed by atoms with E-state index in [4.69, 9.17) is 5.26 Å². The van der Waals surface area contributed by atoms with Crippen LogP contribution < -0.4 is 0 Å². The van der Waals surface area contributed by atoms with Gasteiger partial charge in [0.1, 0.15) is 6.07 Å². The lowest BCUT2D eigenvalue weighted by molar-refractivity contribution is -0.134. The van der Waals surface area contributed by atoms with Crippen LogP contribution in [0.1, 0.15) is 11.1 Å². The number of esters is 1. The van der Waals surface area contributed by atoms with E-state index in [2.05, 4.69) is 4.74 Å². The normalized spacial score (nSPS) is 10.6. The minimum Gasteiger partial charge on any atom is -0.466 e. The van der Waals surface area contributed by atoms with Crippen LogP contribution in [0.2, 0.25) is 0 Å². The molecule has 0 atom stereocenters. The van der Waals surface area contributed by atoms with E-state index in [9.17, 15) is 4.79 Å². The van der Waals surface area contributed by atoms with Gasteiger partial charge in [-0.1, -0.05) is 24.3 Å². The first kappa shape index (κ1) is 11.0. The Bertz CT molecular complexity index is 441. The number of methoxy groups -OCH3 is 1. The number of aryl methyl sites for hydroxylation is 1. The zero-order valence-corrected chi connectivity index (χ0v) is 8.65. The van der Waals surface area contributed by atoms with Crippen molar-refractivity contribution in [1.82, 2.24) is 0 Å². The van der Waals surface area contributed by atoms with E-state index in [1.54, 1.807) is 6.07 Å². The average molecular weight is 201 g/mol. The molecule has 0 heterocycles. The fourth-order valence-corrected chi connectivity index (χ4v) is 1.22. The van der Waals surface area contributed by atoms with E-state index in [0.29, 0.717) is 5.57 Å². The molecule has 0 bridgehead atoms. The van der Waals surface area contributed by atoms with Gasteiger partial charge in [-0.25, -0.2) is 4.79 Å². The van der Waals surface area contributed by atoms with Crippen LogP contribution in [0.15, 0.2) is 30.3 Å². The van der Waals surface area contributed by atoms with Gasteiger partial charge in [0.2, 0.25) is 0 Å². The number of hydrogen-bond donors (Lipinski definition) is 0. The molecule has 0 aliphatic heterocycles. The van der Waals surface area contributed by atoms with Gasteiger partial charge in [0.05, 0.1) is 12.7 Å². The minimum absolute atomic E-state index is 0.319. The zero-order valence-electron chi connectivity index (χ0n) is 8.65. The summed E-state index contributed by atoms with van der Waals surface area (Å²) in [6.45, 7) is 1.89. The number of nitrogens with zero attached hydrogens (tertiary/aromatic N) is 1. The van der Waals surface area contributed by atoms with E-state index >= 15 is 0 Å². The molecule has 0 aromatic heterocycles. The molecule has 3 heteroatoms. The Morgan fingerprint density at radius 1 is 1.47 bits per heavy atom. The van der Waals surface area contributed by atoms with Crippen molar-refractivity contribution >= 4 is 11.5 Å². The van der Waals surface area contributed by atoms with E-state index in [1.807, 2.05) is 31.2 Å². The summed E-state index contributed by atoms with van der Waals surface area (Å²) >= 11 is 0. The van der Waals surface area contributed by atoms with Gasteiger partial charge in [0.25, 0.3) is 0 Å². The second-order valence-electron chi connectivity index (χ2n) is 3.01. The maximum atomic E-state index is 11.0. The van der Waals surface area contributed by atoms with Gasteiger partial charge >= 0.3 is 5.97 Å². The van der Waals surface area contributed by atoms with Crippen LogP contribution in [0.5, 0.6) is 0 Å². The summed E-state index contributed by atoms with van der Waals surface area (Å²) in [6.07, 6.45) is 1.20. The number of nitriles is 1. The average Bonchev–Trinajstić information content (AvgIpc) is 2.26. The Hall–Kier alpha value is -2.08. The van der Waals surface area contributed by atoms with E-state index < -0.39 is 5.97 Å². The molecular formula is C12H11NO2. The largest absolute Gasteiger partial charge is 0.466 e. The van der Waals surface area contributed by atoms with Crippen molar-refractivity contribution in [2.75, 3.05) is 7.11 Å². The highest BCUT2D eigenvalue weighted by Crippen LogP contribution is 2.17. The summed E-state index contributed by atoms with van der Waals surface area (Å²) in [5, 5.41) is 8.92. The van der Waals surface area contributed by atoms with Crippen molar-refractivity contribution in [3.63, 3.8) is 0 Å². The fraction of sp³-hybridized carbons (Fsp3) is 0.167. The third-order valence-electron chi connectivity index (χ3n) is 2.02. The number of benzene rings is 1. The number of allylic oxidation sites excluding steroid dienone is 1. The standard InChI is InChI=1S/C12H11NO2/c1-9-5-3-4-6-11(9)10(8-13)7-12(14)15-2/h3-7H,1-2H3. The molecule has 0 saturated carbocycles. The van der Waals surface area contributed by atoms with Crippen molar-refractivity contribution in [2.45, 2.75) is 6.92 Å². The summed E-state index contributed by atoms with van der Waals surface area (Å²) in [7, 11) is 1.28. The van der Waals surface area contributed by atoms with Crippen LogP contribution in [0.4, 0.5) is 0 Å². The number of carbonyl (C=O) groups excluding carboxylic acids is 1. The van der Waals surface area contributed by atoms with Crippen LogP contribution in [-0.2, 0) is 9.53 Å². The number of carbonyl (C=O) groups is 1. The lowest BCUT2D eigenvalue weighted by Crippen LogP contribution is -1.97. The first-order chi connectivity index (χ1) is 7.19. The van der Waals surface area contributed by atoms with Gasteiger partial charge in [-0.15, -0.1) is 0 Å². The second kappa shape index (κ2) is 4.97. The first-order valence-corrected chi connectivity index (χ1v) is 4.44. The Morgan fingerprint density at radius 3 is 2.67 bits per heavy atom. The number of ether oxygens (including phenoxy) is 1. The number of rotatable bonds is 2. The molecule has 0 N–H and O–H groups in total. The topological polar surface area (TPSA) is 50.1 Å². The van der Waals surface area contributed by atoms with Gasteiger partial charge in [0, 0.05) is 6.08 Å². The molecule has 76 valence electrons. The van der Waals surface area contributed by atoms with Gasteiger partial charge in [-0.3, -0.25) is 0 Å². The Morgan fingerprint density at radius 2 is 2.13 bits per heavy atom. The van der Waals surface area contributed by atoms with Crippen molar-refractivity contribution < 1.29 is 9.53 Å². The Kier molecular flexibility index (Phi) is 3.64. The second-order valence-corrected chi connectivity index (χ2v) is 3.01. The smallest absolute Gasteiger partial charge is 0.331 e. The van der Waals surface area contributed by atoms with E-state index in [0.717, 1.165) is 11.1 Å². The van der Waals surface area contributed by atoms with Gasteiger partial charge in [0.15, 0.2) is 0 Å². The summed E-state index contributed by atoms with van der Waals surface area (Å²) in [6, 6.07) is 9.38. The molecule has 0 aliphatic carbocycles. The van der Waals surface area contributed by atoms with Crippen molar-refractivity contribution in [1.29, 1.82) is 5.26 Å². The van der Waals surface area contributed by atoms with E-state index in [1.165, 1.54) is 13.2 Å². The molecule has 0 aliphatic rings. The highest BCUT2D eigenvalue weighted by Gasteiger charge is 2.06. The predicted molar refractivity (Wildman–Crippen MR) is 56.8 cm³/mol. The SMILES string of the molecule is COC(=O)C=C(C#N)c1ccccc1C. The van der Waals surface area contributed by atoms with Crippen LogP contribution in [-0.4, -0.2) is 13.1 Å². The molecule has 0 saturated heterocycles. The van der Waals surface area contributed by atoms with Crippen LogP contribution in [0.3, 0.4) is 0 Å². The minimum atomic E-state index is -0.519. The first-order valence-electron chi connectivity index (χ1n) is 4.44.